The lowest BCUT2D eigenvalue weighted by Crippen LogP contribution is -2.37. The van der Waals surface area contributed by atoms with Crippen molar-refractivity contribution < 1.29 is 4.74 Å². The van der Waals surface area contributed by atoms with Crippen molar-refractivity contribution in [3.63, 3.8) is 0 Å². The second-order valence-electron chi connectivity index (χ2n) is 19.4. The van der Waals surface area contributed by atoms with Gasteiger partial charge < -0.3 is 9.64 Å². The van der Waals surface area contributed by atoms with E-state index >= 15 is 0 Å². The largest absolute Gasteiger partial charge is 0.370 e. The third-order valence-corrected chi connectivity index (χ3v) is 19.9. The van der Waals surface area contributed by atoms with Crippen molar-refractivity contribution in [1.82, 2.24) is 4.90 Å². The van der Waals surface area contributed by atoms with Crippen molar-refractivity contribution in [2.75, 3.05) is 0 Å². The van der Waals surface area contributed by atoms with Crippen LogP contribution < -0.4 is 0 Å². The zero-order valence-electron chi connectivity index (χ0n) is 33.1. The SMILES string of the molecule is N#CC1=CC2SC3CC(C4CC=C(N(C5=CC6OC7CC(C#N)CCC7C6C=C5)C5C=CC(C6=CC7=C(CC6)C6CCCCC6S7)=CC5)CC4)CCC3C2CC1. The van der Waals surface area contributed by atoms with Gasteiger partial charge in [0.2, 0.25) is 0 Å². The van der Waals surface area contributed by atoms with E-state index in [0.29, 0.717) is 23.1 Å². The Kier molecular flexibility index (Phi) is 9.88. The highest BCUT2D eigenvalue weighted by atomic mass is 32.2. The summed E-state index contributed by atoms with van der Waals surface area (Å²) in [6.07, 6.45) is 45.2. The Bertz CT molecular complexity index is 1950. The van der Waals surface area contributed by atoms with Gasteiger partial charge in [0.1, 0.15) is 0 Å². The van der Waals surface area contributed by atoms with E-state index in [1.807, 2.05) is 0 Å². The highest BCUT2D eigenvalue weighted by molar-refractivity contribution is 8.04. The summed E-state index contributed by atoms with van der Waals surface area (Å²) in [5.41, 5.74) is 8.69. The van der Waals surface area contributed by atoms with Gasteiger partial charge in [0.25, 0.3) is 0 Å². The molecule has 0 amide bonds. The summed E-state index contributed by atoms with van der Waals surface area (Å²) in [6.45, 7) is 0. The summed E-state index contributed by atoms with van der Waals surface area (Å²) in [5.74, 6) is 5.27. The fraction of sp³-hybridized carbons (Fsp3) is 0.640. The van der Waals surface area contributed by atoms with Gasteiger partial charge in [0.15, 0.2) is 0 Å². The molecule has 5 fully saturated rings. The van der Waals surface area contributed by atoms with Crippen LogP contribution in [0.2, 0.25) is 0 Å². The molecule has 56 heavy (non-hydrogen) atoms. The van der Waals surface area contributed by atoms with E-state index in [-0.39, 0.29) is 18.1 Å². The van der Waals surface area contributed by atoms with Gasteiger partial charge in [-0.15, -0.1) is 11.8 Å². The van der Waals surface area contributed by atoms with Crippen molar-refractivity contribution >= 4 is 23.5 Å². The number of thioether (sulfide) groups is 2. The summed E-state index contributed by atoms with van der Waals surface area (Å²) in [6, 6.07) is 5.34. The van der Waals surface area contributed by atoms with Crippen LogP contribution in [0.5, 0.6) is 0 Å². The van der Waals surface area contributed by atoms with Crippen LogP contribution in [0.4, 0.5) is 0 Å². The van der Waals surface area contributed by atoms with Crippen LogP contribution in [0.25, 0.3) is 0 Å². The van der Waals surface area contributed by atoms with Crippen molar-refractivity contribution in [3.8, 4) is 12.1 Å². The standard InChI is InChI=1S/C50H59N3OS2/c51-28-30-5-18-39-40-22-17-38(27-46(40)54-45(39)23-30)53(36-13-7-32(8-14-36)34-11-20-43-41-3-1-2-4-47(41)55-49(43)25-34)37-15-9-33(10-16-37)35-12-21-44-42-19-6-31(29-52)24-48(42)56-50(44)26-35/h7-8,13,15,17,22,24-25,27,30,33,35-36,39-42,44-48,50H,1-6,9-12,14,16,18-21,23,26H2. The first-order valence-electron chi connectivity index (χ1n) is 22.8. The first-order chi connectivity index (χ1) is 27.6. The van der Waals surface area contributed by atoms with Crippen molar-refractivity contribution in [2.24, 2.45) is 47.3 Å². The van der Waals surface area contributed by atoms with Crippen LogP contribution in [0, 0.1) is 70.0 Å². The monoisotopic (exact) mass is 781 g/mol. The molecule has 11 rings (SSSR count). The molecular weight excluding hydrogens is 723 g/mol. The Labute approximate surface area is 344 Å². The number of nitrogens with zero attached hydrogens (tertiary/aromatic N) is 3. The Balaban J connectivity index is 0.817. The normalized spacial score (nSPS) is 43.6. The molecule has 292 valence electrons. The molecule has 0 aromatic rings. The van der Waals surface area contributed by atoms with Gasteiger partial charge in [0.05, 0.1) is 30.4 Å². The van der Waals surface area contributed by atoms with Crippen LogP contribution in [-0.2, 0) is 4.74 Å². The Morgan fingerprint density at radius 3 is 2.55 bits per heavy atom. The maximum Gasteiger partial charge on any atom is 0.0944 e. The molecule has 0 N–H and O–H groups in total. The van der Waals surface area contributed by atoms with Crippen LogP contribution in [0.15, 0.2) is 93.3 Å². The maximum absolute atomic E-state index is 9.69. The van der Waals surface area contributed by atoms with Crippen molar-refractivity contribution in [3.05, 3.63) is 93.3 Å². The highest BCUT2D eigenvalue weighted by Crippen LogP contribution is 2.57. The van der Waals surface area contributed by atoms with E-state index in [0.717, 1.165) is 84.2 Å². The summed E-state index contributed by atoms with van der Waals surface area (Å²) in [4.78, 5) is 4.34. The molecule has 3 heterocycles. The Hall–Kier alpha value is -2.64. The topological polar surface area (TPSA) is 60.1 Å². The van der Waals surface area contributed by atoms with Crippen LogP contribution in [0.3, 0.4) is 0 Å². The minimum Gasteiger partial charge on any atom is -0.370 e. The van der Waals surface area contributed by atoms with Crippen LogP contribution in [-0.4, -0.2) is 38.9 Å². The fourth-order valence-corrected chi connectivity index (χ4v) is 17.5. The third-order valence-electron chi connectivity index (χ3n) is 16.7. The number of hydrogen-bond acceptors (Lipinski definition) is 6. The highest BCUT2D eigenvalue weighted by Gasteiger charge is 2.49. The van der Waals surface area contributed by atoms with E-state index in [1.54, 1.807) is 16.1 Å². The predicted octanol–water partition coefficient (Wildman–Crippen LogP) is 12.0. The van der Waals surface area contributed by atoms with Gasteiger partial charge in [-0.05, 0) is 168 Å². The van der Waals surface area contributed by atoms with Gasteiger partial charge in [0, 0.05) is 49.5 Å². The van der Waals surface area contributed by atoms with Gasteiger partial charge in [-0.25, -0.2) is 0 Å². The lowest BCUT2D eigenvalue weighted by molar-refractivity contribution is 0.0282. The summed E-state index contributed by atoms with van der Waals surface area (Å²) >= 11 is 4.43. The van der Waals surface area contributed by atoms with Crippen LogP contribution >= 0.6 is 23.5 Å². The van der Waals surface area contributed by atoms with Gasteiger partial charge in [-0.3, -0.25) is 0 Å². The van der Waals surface area contributed by atoms with E-state index in [1.165, 1.54) is 94.0 Å². The molecule has 3 aliphatic heterocycles. The van der Waals surface area contributed by atoms with E-state index in [9.17, 15) is 10.5 Å². The summed E-state index contributed by atoms with van der Waals surface area (Å²) in [7, 11) is 0. The zero-order valence-corrected chi connectivity index (χ0v) is 34.7. The minimum atomic E-state index is 0.116. The third kappa shape index (κ3) is 6.52. The first-order valence-corrected chi connectivity index (χ1v) is 24.6. The number of hydrogen-bond donors (Lipinski definition) is 0. The van der Waals surface area contributed by atoms with E-state index in [2.05, 4.69) is 95.2 Å². The number of rotatable bonds is 5. The molecule has 11 aliphatic rings. The molecule has 0 bridgehead atoms. The summed E-state index contributed by atoms with van der Waals surface area (Å²) < 4.78 is 6.81. The smallest absolute Gasteiger partial charge is 0.0944 e. The molecule has 0 spiro atoms. The predicted molar refractivity (Wildman–Crippen MR) is 229 cm³/mol. The lowest BCUT2D eigenvalue weighted by Gasteiger charge is -2.42. The molecule has 14 unspecified atom stereocenters. The molecule has 8 aliphatic carbocycles. The number of fused-ring (bicyclic) bond motifs is 8. The minimum absolute atomic E-state index is 0.116. The first kappa shape index (κ1) is 36.4. The van der Waals surface area contributed by atoms with Crippen LogP contribution in [0.1, 0.15) is 116 Å². The molecule has 14 atom stereocenters. The maximum atomic E-state index is 9.69. The van der Waals surface area contributed by atoms with Crippen molar-refractivity contribution in [2.45, 2.75) is 150 Å². The quantitative estimate of drug-likeness (QED) is 0.277. The lowest BCUT2D eigenvalue weighted by atomic mass is 9.67. The van der Waals surface area contributed by atoms with Gasteiger partial charge in [-0.2, -0.15) is 22.3 Å². The summed E-state index contributed by atoms with van der Waals surface area (Å²) in [5, 5.41) is 21.5. The van der Waals surface area contributed by atoms with E-state index in [4.69, 9.17) is 4.74 Å². The number of nitriles is 2. The molecule has 6 heteroatoms. The molecule has 0 radical (unpaired) electrons. The second kappa shape index (κ2) is 15.2. The molecule has 3 saturated carbocycles. The van der Waals surface area contributed by atoms with Gasteiger partial charge >= 0.3 is 0 Å². The zero-order chi connectivity index (χ0) is 37.3. The molecular formula is C50H59N3OS2. The average Bonchev–Trinajstić information content (AvgIpc) is 3.93. The van der Waals surface area contributed by atoms with E-state index < -0.39 is 0 Å². The second-order valence-corrected chi connectivity index (χ2v) is 22.1. The molecule has 0 aromatic carbocycles. The number of allylic oxidation sites excluding steroid dienone is 9. The average molecular weight is 782 g/mol. The Morgan fingerprint density at radius 2 is 1.70 bits per heavy atom. The molecule has 2 saturated heterocycles. The number of ether oxygens (including phenoxy) is 1. The van der Waals surface area contributed by atoms with Crippen molar-refractivity contribution in [1.29, 1.82) is 10.5 Å². The molecule has 0 aromatic heterocycles. The van der Waals surface area contributed by atoms with Gasteiger partial charge in [-0.1, -0.05) is 54.9 Å². The molecule has 4 nitrogen and oxygen atoms in total. The fourth-order valence-electron chi connectivity index (χ4n) is 13.8. The Morgan fingerprint density at radius 1 is 0.768 bits per heavy atom.